The highest BCUT2D eigenvalue weighted by atomic mass is 127. The van der Waals surface area contributed by atoms with Crippen LogP contribution in [0.2, 0.25) is 10.2 Å². The van der Waals surface area contributed by atoms with E-state index in [1.807, 2.05) is 30.8 Å². The number of halogens is 3. The lowest BCUT2D eigenvalue weighted by Crippen LogP contribution is -2.36. The van der Waals surface area contributed by atoms with E-state index in [0.717, 1.165) is 16.7 Å². The Kier molecular flexibility index (Phi) is 7.95. The van der Waals surface area contributed by atoms with Gasteiger partial charge in [-0.25, -0.2) is 4.98 Å². The lowest BCUT2D eigenvalue weighted by atomic mass is 10.4. The second-order valence-electron chi connectivity index (χ2n) is 4.46. The summed E-state index contributed by atoms with van der Waals surface area (Å²) in [5, 5.41) is 8.62. The molecule has 2 heterocycles. The standard InChI is InChI=1S/C13H17Cl2N5S.HI/c1-8-17-6-10(21-8)7-19-13(16-2)18-5-9-4-11(14)12(15)20(9)3;/h4,6H,5,7H2,1-3H3,(H2,16,18,19);1H. The van der Waals surface area contributed by atoms with Crippen molar-refractivity contribution in [2.75, 3.05) is 7.05 Å². The van der Waals surface area contributed by atoms with Gasteiger partial charge < -0.3 is 15.2 Å². The molecule has 0 aliphatic rings. The van der Waals surface area contributed by atoms with E-state index in [9.17, 15) is 0 Å². The summed E-state index contributed by atoms with van der Waals surface area (Å²) in [5.41, 5.74) is 0.988. The molecule has 0 aliphatic carbocycles. The summed E-state index contributed by atoms with van der Waals surface area (Å²) in [6.45, 7) is 3.27. The van der Waals surface area contributed by atoms with E-state index in [-0.39, 0.29) is 24.0 Å². The van der Waals surface area contributed by atoms with Crippen molar-refractivity contribution >= 4 is 64.5 Å². The zero-order valence-corrected chi connectivity index (χ0v) is 17.1. The van der Waals surface area contributed by atoms with Crippen molar-refractivity contribution in [2.24, 2.45) is 12.0 Å². The molecule has 0 spiro atoms. The minimum absolute atomic E-state index is 0. The molecule has 2 rings (SSSR count). The summed E-state index contributed by atoms with van der Waals surface area (Å²) >= 11 is 13.7. The number of thiazole rings is 1. The van der Waals surface area contributed by atoms with E-state index in [2.05, 4.69) is 20.6 Å². The number of aromatic nitrogens is 2. The van der Waals surface area contributed by atoms with Gasteiger partial charge in [0.1, 0.15) is 5.15 Å². The monoisotopic (exact) mass is 473 g/mol. The lowest BCUT2D eigenvalue weighted by molar-refractivity contribution is 0.752. The average molecular weight is 474 g/mol. The van der Waals surface area contributed by atoms with Crippen molar-refractivity contribution in [3.05, 3.63) is 38.0 Å². The molecule has 0 saturated carbocycles. The third-order valence-corrected chi connectivity index (χ3v) is 4.73. The van der Waals surface area contributed by atoms with Crippen molar-refractivity contribution in [3.8, 4) is 0 Å². The highest BCUT2D eigenvalue weighted by Crippen LogP contribution is 2.24. The Labute approximate surface area is 161 Å². The van der Waals surface area contributed by atoms with Gasteiger partial charge in [-0.05, 0) is 13.0 Å². The van der Waals surface area contributed by atoms with Gasteiger partial charge in [0.25, 0.3) is 0 Å². The third-order valence-electron chi connectivity index (χ3n) is 2.98. The maximum atomic E-state index is 6.04. The molecule has 0 fully saturated rings. The molecule has 22 heavy (non-hydrogen) atoms. The summed E-state index contributed by atoms with van der Waals surface area (Å²) in [7, 11) is 3.61. The van der Waals surface area contributed by atoms with Gasteiger partial charge in [0.15, 0.2) is 5.96 Å². The molecule has 5 nitrogen and oxygen atoms in total. The maximum Gasteiger partial charge on any atom is 0.191 e. The number of aliphatic imine (C=N–C) groups is 1. The predicted molar refractivity (Wildman–Crippen MR) is 105 cm³/mol. The fourth-order valence-electron chi connectivity index (χ4n) is 1.81. The fraction of sp³-hybridized carbons (Fsp3) is 0.385. The van der Waals surface area contributed by atoms with Crippen LogP contribution in [-0.2, 0) is 20.1 Å². The van der Waals surface area contributed by atoms with E-state index in [4.69, 9.17) is 23.2 Å². The molecule has 0 unspecified atom stereocenters. The molecule has 0 atom stereocenters. The van der Waals surface area contributed by atoms with Crippen molar-refractivity contribution in [1.82, 2.24) is 20.2 Å². The molecule has 0 radical (unpaired) electrons. The van der Waals surface area contributed by atoms with Crippen molar-refractivity contribution in [1.29, 1.82) is 0 Å². The number of rotatable bonds is 4. The van der Waals surface area contributed by atoms with Crippen LogP contribution in [0.25, 0.3) is 0 Å². The van der Waals surface area contributed by atoms with Crippen LogP contribution in [0.3, 0.4) is 0 Å². The minimum atomic E-state index is 0. The van der Waals surface area contributed by atoms with Crippen LogP contribution in [0.4, 0.5) is 0 Å². The third kappa shape index (κ3) is 5.00. The Morgan fingerprint density at radius 2 is 2.05 bits per heavy atom. The molecule has 122 valence electrons. The molecule has 0 bridgehead atoms. The summed E-state index contributed by atoms with van der Waals surface area (Å²) in [5.74, 6) is 0.717. The van der Waals surface area contributed by atoms with Crippen LogP contribution in [-0.4, -0.2) is 22.6 Å². The van der Waals surface area contributed by atoms with Gasteiger partial charge in [-0.1, -0.05) is 23.2 Å². The molecule has 2 N–H and O–H groups in total. The fourth-order valence-corrected chi connectivity index (χ4v) is 2.96. The maximum absolute atomic E-state index is 6.04. The number of nitrogens with zero attached hydrogens (tertiary/aromatic N) is 3. The highest BCUT2D eigenvalue weighted by Gasteiger charge is 2.09. The van der Waals surface area contributed by atoms with E-state index in [1.165, 1.54) is 4.88 Å². The molecule has 0 saturated heterocycles. The Balaban J connectivity index is 0.00000242. The Bertz CT molecular complexity index is 653. The minimum Gasteiger partial charge on any atom is -0.351 e. The largest absolute Gasteiger partial charge is 0.351 e. The molecule has 0 aromatic carbocycles. The average Bonchev–Trinajstić information content (AvgIpc) is 2.98. The molecular formula is C13H18Cl2IN5S. The van der Waals surface area contributed by atoms with Crippen molar-refractivity contribution in [3.63, 3.8) is 0 Å². The van der Waals surface area contributed by atoms with Gasteiger partial charge in [-0.15, -0.1) is 35.3 Å². The number of hydrogen-bond acceptors (Lipinski definition) is 3. The van der Waals surface area contributed by atoms with Gasteiger partial charge in [-0.3, -0.25) is 4.99 Å². The van der Waals surface area contributed by atoms with E-state index >= 15 is 0 Å². The molecule has 0 aliphatic heterocycles. The van der Waals surface area contributed by atoms with Crippen LogP contribution in [0.5, 0.6) is 0 Å². The summed E-state index contributed by atoms with van der Waals surface area (Å²) in [6, 6.07) is 1.84. The van der Waals surface area contributed by atoms with Gasteiger partial charge >= 0.3 is 0 Å². The van der Waals surface area contributed by atoms with Crippen molar-refractivity contribution in [2.45, 2.75) is 20.0 Å². The first kappa shape index (κ1) is 19.5. The summed E-state index contributed by atoms with van der Waals surface area (Å²) in [6.07, 6.45) is 1.87. The molecular weight excluding hydrogens is 456 g/mol. The lowest BCUT2D eigenvalue weighted by Gasteiger charge is -2.11. The first-order chi connectivity index (χ1) is 10.0. The van der Waals surface area contributed by atoms with Crippen LogP contribution in [0.1, 0.15) is 15.6 Å². The summed E-state index contributed by atoms with van der Waals surface area (Å²) < 4.78 is 1.84. The topological polar surface area (TPSA) is 54.2 Å². The Morgan fingerprint density at radius 1 is 1.36 bits per heavy atom. The normalized spacial score (nSPS) is 11.2. The SMILES string of the molecule is CN=C(NCc1cnc(C)s1)NCc1cc(Cl)c(Cl)n1C.I. The molecule has 2 aromatic rings. The zero-order chi connectivity index (χ0) is 15.4. The van der Waals surface area contributed by atoms with Gasteiger partial charge in [-0.2, -0.15) is 0 Å². The van der Waals surface area contributed by atoms with Crippen LogP contribution in [0.15, 0.2) is 17.3 Å². The van der Waals surface area contributed by atoms with Crippen LogP contribution >= 0.6 is 58.5 Å². The Morgan fingerprint density at radius 3 is 2.55 bits per heavy atom. The van der Waals surface area contributed by atoms with E-state index in [0.29, 0.717) is 23.3 Å². The number of aryl methyl sites for hydroxylation is 1. The molecule has 9 heteroatoms. The predicted octanol–water partition coefficient (Wildman–Crippen LogP) is 3.58. The summed E-state index contributed by atoms with van der Waals surface area (Å²) in [4.78, 5) is 9.58. The van der Waals surface area contributed by atoms with Gasteiger partial charge in [0, 0.05) is 30.9 Å². The van der Waals surface area contributed by atoms with E-state index < -0.39 is 0 Å². The second kappa shape index (κ2) is 8.95. The zero-order valence-electron chi connectivity index (χ0n) is 12.5. The number of hydrogen-bond donors (Lipinski definition) is 2. The second-order valence-corrected chi connectivity index (χ2v) is 6.54. The van der Waals surface area contributed by atoms with Crippen LogP contribution < -0.4 is 10.6 Å². The van der Waals surface area contributed by atoms with Crippen molar-refractivity contribution < 1.29 is 0 Å². The first-order valence-corrected chi connectivity index (χ1v) is 7.94. The number of nitrogens with one attached hydrogen (secondary N) is 2. The van der Waals surface area contributed by atoms with Gasteiger partial charge in [0.2, 0.25) is 0 Å². The van der Waals surface area contributed by atoms with Crippen LogP contribution in [0, 0.1) is 6.92 Å². The quantitative estimate of drug-likeness (QED) is 0.405. The Hall–Kier alpha value is -0.510. The molecule has 0 amide bonds. The smallest absolute Gasteiger partial charge is 0.191 e. The first-order valence-electron chi connectivity index (χ1n) is 6.36. The highest BCUT2D eigenvalue weighted by molar-refractivity contribution is 14.0. The number of guanidine groups is 1. The van der Waals surface area contributed by atoms with E-state index in [1.54, 1.807) is 18.4 Å². The van der Waals surface area contributed by atoms with Gasteiger partial charge in [0.05, 0.1) is 23.1 Å². The molecule has 2 aromatic heterocycles.